The highest BCUT2D eigenvalue weighted by Crippen LogP contribution is 2.61. The zero-order valence-electron chi connectivity index (χ0n) is 34.9. The van der Waals surface area contributed by atoms with E-state index in [1.165, 1.54) is 22.3 Å². The first kappa shape index (κ1) is 36.5. The maximum atomic E-state index is 6.75. The van der Waals surface area contributed by atoms with Gasteiger partial charge in [-0.25, -0.2) is 0 Å². The molecule has 2 unspecified atom stereocenters. The molecule has 0 amide bonds. The van der Waals surface area contributed by atoms with Gasteiger partial charge in [0.25, 0.3) is 0 Å². The molecule has 3 heteroatoms. The molecule has 0 radical (unpaired) electrons. The largest absolute Gasteiger partial charge is 0.455 e. The van der Waals surface area contributed by atoms with E-state index >= 15 is 0 Å². The van der Waals surface area contributed by atoms with Crippen LogP contribution in [0.15, 0.2) is 245 Å². The number of para-hydroxylation sites is 6. The van der Waals surface area contributed by atoms with Crippen molar-refractivity contribution in [1.82, 2.24) is 0 Å². The van der Waals surface area contributed by atoms with Crippen LogP contribution in [0.1, 0.15) is 28.2 Å². The first-order valence-electron chi connectivity index (χ1n) is 22.2. The lowest BCUT2D eigenvalue weighted by molar-refractivity contribution is 0.457. The van der Waals surface area contributed by atoms with Crippen molar-refractivity contribution in [1.29, 1.82) is 0 Å². The predicted molar refractivity (Wildman–Crippen MR) is 264 cm³/mol. The summed E-state index contributed by atoms with van der Waals surface area (Å²) in [6.07, 6.45) is 9.31. The van der Waals surface area contributed by atoms with Gasteiger partial charge in [-0.15, -0.1) is 0 Å². The van der Waals surface area contributed by atoms with Crippen LogP contribution in [0.2, 0.25) is 0 Å². The van der Waals surface area contributed by atoms with E-state index in [-0.39, 0.29) is 11.8 Å². The fourth-order valence-corrected chi connectivity index (χ4v) is 11.2. The molecule has 9 aromatic carbocycles. The molecule has 0 spiro atoms. The van der Waals surface area contributed by atoms with E-state index < -0.39 is 5.41 Å². The monoisotopic (exact) mass is 819 g/mol. The minimum absolute atomic E-state index is 0.178. The highest BCUT2D eigenvalue weighted by molar-refractivity contribution is 6.13. The maximum Gasteiger partial charge on any atom is 0.143 e. The van der Waals surface area contributed by atoms with Gasteiger partial charge < -0.3 is 13.7 Å². The molecule has 2 heterocycles. The summed E-state index contributed by atoms with van der Waals surface area (Å²) in [5.41, 5.74) is 15.7. The van der Waals surface area contributed by atoms with Crippen LogP contribution in [-0.2, 0) is 5.41 Å². The number of rotatable bonds is 7. The smallest absolute Gasteiger partial charge is 0.143 e. The van der Waals surface area contributed by atoms with Crippen LogP contribution in [0.4, 0.5) is 17.1 Å². The third kappa shape index (κ3) is 5.34. The number of furan rings is 2. The van der Waals surface area contributed by atoms with E-state index in [9.17, 15) is 0 Å². The lowest BCUT2D eigenvalue weighted by Gasteiger charge is -2.39. The molecule has 2 atom stereocenters. The van der Waals surface area contributed by atoms with Crippen LogP contribution < -0.4 is 4.90 Å². The van der Waals surface area contributed by atoms with Crippen molar-refractivity contribution in [2.24, 2.45) is 5.92 Å². The minimum Gasteiger partial charge on any atom is -0.455 e. The fourth-order valence-electron chi connectivity index (χ4n) is 11.2. The zero-order chi connectivity index (χ0) is 42.2. The minimum atomic E-state index is -0.454. The second-order valence-corrected chi connectivity index (χ2v) is 17.1. The summed E-state index contributed by atoms with van der Waals surface area (Å²) >= 11 is 0. The Bertz CT molecular complexity index is 3450. The Kier molecular flexibility index (Phi) is 8.26. The molecule has 2 aromatic heterocycles. The van der Waals surface area contributed by atoms with Crippen LogP contribution in [-0.4, -0.2) is 0 Å². The molecule has 0 saturated heterocycles. The Morgan fingerprint density at radius 1 is 0.391 bits per heavy atom. The van der Waals surface area contributed by atoms with Crippen molar-refractivity contribution in [2.45, 2.75) is 11.3 Å². The second kappa shape index (κ2) is 14.5. The Labute approximate surface area is 371 Å². The van der Waals surface area contributed by atoms with E-state index in [2.05, 4.69) is 229 Å². The maximum absolute atomic E-state index is 6.75. The molecular weight excluding hydrogens is 779 g/mol. The Morgan fingerprint density at radius 3 is 1.44 bits per heavy atom. The van der Waals surface area contributed by atoms with Gasteiger partial charge in [0, 0.05) is 61.3 Å². The number of hydrogen-bond donors (Lipinski definition) is 0. The molecule has 0 N–H and O–H groups in total. The van der Waals surface area contributed by atoms with Gasteiger partial charge in [-0.3, -0.25) is 0 Å². The van der Waals surface area contributed by atoms with Crippen molar-refractivity contribution in [3.05, 3.63) is 259 Å². The van der Waals surface area contributed by atoms with Crippen LogP contribution in [0.5, 0.6) is 0 Å². The Balaban J connectivity index is 1.11. The van der Waals surface area contributed by atoms with Crippen LogP contribution >= 0.6 is 0 Å². The molecule has 2 aliphatic rings. The summed E-state index contributed by atoms with van der Waals surface area (Å²) in [5.74, 6) is 0.385. The summed E-state index contributed by atoms with van der Waals surface area (Å²) in [4.78, 5) is 2.47. The molecule has 0 saturated carbocycles. The number of benzene rings is 9. The normalized spacial score (nSPS) is 16.1. The number of nitrogens with zero attached hydrogens (tertiary/aromatic N) is 1. The van der Waals surface area contributed by atoms with Gasteiger partial charge in [0.15, 0.2) is 0 Å². The highest BCUT2D eigenvalue weighted by Gasteiger charge is 2.53. The van der Waals surface area contributed by atoms with Crippen LogP contribution in [0, 0.1) is 5.92 Å². The summed E-state index contributed by atoms with van der Waals surface area (Å²) in [7, 11) is 0. The molecule has 0 bridgehead atoms. The van der Waals surface area contributed by atoms with Crippen molar-refractivity contribution >= 4 is 60.9 Å². The first-order valence-corrected chi connectivity index (χ1v) is 22.2. The molecular formula is C61H41NO2. The molecule has 13 rings (SSSR count). The number of anilines is 3. The average molecular weight is 820 g/mol. The summed E-state index contributed by atoms with van der Waals surface area (Å²) in [5, 5.41) is 4.42. The first-order chi connectivity index (χ1) is 31.8. The van der Waals surface area contributed by atoms with E-state index in [1.54, 1.807) is 0 Å². The summed E-state index contributed by atoms with van der Waals surface area (Å²) in [6, 6.07) is 76.8. The molecule has 0 fully saturated rings. The van der Waals surface area contributed by atoms with Crippen molar-refractivity contribution in [3.8, 4) is 22.3 Å². The quantitative estimate of drug-likeness (QED) is 0.160. The average Bonchev–Trinajstić information content (AvgIpc) is 4.04. The zero-order valence-corrected chi connectivity index (χ0v) is 34.9. The third-order valence-corrected chi connectivity index (χ3v) is 13.9. The second-order valence-electron chi connectivity index (χ2n) is 17.1. The summed E-state index contributed by atoms with van der Waals surface area (Å²) < 4.78 is 13.5. The van der Waals surface area contributed by atoms with Gasteiger partial charge in [0.1, 0.15) is 22.3 Å². The number of hydrogen-bond acceptors (Lipinski definition) is 3. The summed E-state index contributed by atoms with van der Waals surface area (Å²) in [6.45, 7) is 0. The van der Waals surface area contributed by atoms with Crippen molar-refractivity contribution in [3.63, 3.8) is 0 Å². The molecule has 0 aliphatic heterocycles. The highest BCUT2D eigenvalue weighted by atomic mass is 16.3. The topological polar surface area (TPSA) is 29.5 Å². The van der Waals surface area contributed by atoms with E-state index in [0.717, 1.165) is 83.2 Å². The van der Waals surface area contributed by atoms with Gasteiger partial charge in [-0.2, -0.15) is 0 Å². The van der Waals surface area contributed by atoms with Crippen molar-refractivity contribution < 1.29 is 8.83 Å². The predicted octanol–water partition coefficient (Wildman–Crippen LogP) is 16.5. The number of allylic oxidation sites excluding steroid dienone is 4. The van der Waals surface area contributed by atoms with Gasteiger partial charge >= 0.3 is 0 Å². The molecule has 2 aliphatic carbocycles. The van der Waals surface area contributed by atoms with E-state index in [1.807, 2.05) is 12.1 Å². The Hall–Kier alpha value is -8.14. The number of fused-ring (bicyclic) bond motifs is 9. The molecule has 302 valence electrons. The Morgan fingerprint density at radius 2 is 0.859 bits per heavy atom. The van der Waals surface area contributed by atoms with E-state index in [4.69, 9.17) is 8.83 Å². The molecule has 3 nitrogen and oxygen atoms in total. The van der Waals surface area contributed by atoms with Gasteiger partial charge in [0.05, 0.1) is 16.8 Å². The standard InChI is InChI=1S/C61H41NO2/c1-3-19-40(20-4-1)61(41-21-5-2-6-22-41)53-32-12-7-23-43(53)44-38-37-42(39-54(44)61)62(55-33-13-8-24-45(55)49-28-17-30-51-47-26-10-15-35-57(47)63-59(49)51)56-34-14-9-25-46(56)50-29-18-31-52-48-27-11-16-36-58(48)64-60(50)52/h1-39,43,53H. The van der Waals surface area contributed by atoms with Crippen molar-refractivity contribution in [2.75, 3.05) is 4.90 Å². The lowest BCUT2D eigenvalue weighted by atomic mass is 9.63. The SMILES string of the molecule is C1=CC2c3ccc(N(c4ccccc4-c4cccc5c4oc4ccccc45)c4ccccc4-c4cccc5c4oc4ccccc45)cc3C(c3ccccc3)(c3ccccc3)C2C=C1. The molecule has 11 aromatic rings. The van der Waals surface area contributed by atoms with Crippen LogP contribution in [0.25, 0.3) is 66.1 Å². The fraction of sp³-hybridized carbons (Fsp3) is 0.0492. The lowest BCUT2D eigenvalue weighted by Crippen LogP contribution is -2.35. The molecule has 64 heavy (non-hydrogen) atoms. The van der Waals surface area contributed by atoms with Gasteiger partial charge in [-0.1, -0.05) is 200 Å². The van der Waals surface area contributed by atoms with E-state index in [0.29, 0.717) is 0 Å². The van der Waals surface area contributed by atoms with Gasteiger partial charge in [0.2, 0.25) is 0 Å². The third-order valence-electron chi connectivity index (χ3n) is 13.9. The van der Waals surface area contributed by atoms with Crippen LogP contribution in [0.3, 0.4) is 0 Å². The van der Waals surface area contributed by atoms with Gasteiger partial charge in [-0.05, 0) is 58.7 Å².